The van der Waals surface area contributed by atoms with Crippen LogP contribution in [0.15, 0.2) is 12.4 Å². The summed E-state index contributed by atoms with van der Waals surface area (Å²) < 4.78 is 7.75. The molecule has 0 bridgehead atoms. The van der Waals surface area contributed by atoms with Crippen LogP contribution in [0.25, 0.3) is 0 Å². The summed E-state index contributed by atoms with van der Waals surface area (Å²) in [7, 11) is 2.11. The Balaban J connectivity index is 1.72. The van der Waals surface area contributed by atoms with Crippen LogP contribution in [0.5, 0.6) is 0 Å². The van der Waals surface area contributed by atoms with Crippen LogP contribution >= 0.6 is 11.8 Å². The molecular formula is C17H29N3OS. The Labute approximate surface area is 138 Å². The highest BCUT2D eigenvalue weighted by Gasteiger charge is 2.31. The third kappa shape index (κ3) is 3.87. The second kappa shape index (κ2) is 7.84. The van der Waals surface area contributed by atoms with E-state index in [1.807, 2.05) is 18.0 Å². The molecule has 0 spiro atoms. The van der Waals surface area contributed by atoms with Gasteiger partial charge in [-0.05, 0) is 44.3 Å². The Morgan fingerprint density at radius 1 is 1.32 bits per heavy atom. The minimum atomic E-state index is 0.370. The number of hydrogen-bond acceptors (Lipinski definition) is 4. The number of rotatable bonds is 5. The zero-order valence-corrected chi connectivity index (χ0v) is 14.6. The van der Waals surface area contributed by atoms with E-state index in [9.17, 15) is 0 Å². The van der Waals surface area contributed by atoms with Crippen molar-refractivity contribution in [2.45, 2.75) is 55.9 Å². The van der Waals surface area contributed by atoms with E-state index in [-0.39, 0.29) is 0 Å². The Bertz CT molecular complexity index is 459. The summed E-state index contributed by atoms with van der Waals surface area (Å²) in [4.78, 5) is 4.65. The largest absolute Gasteiger partial charge is 0.381 e. The quantitative estimate of drug-likeness (QED) is 0.903. The predicted molar refractivity (Wildman–Crippen MR) is 92.2 cm³/mol. The van der Waals surface area contributed by atoms with Crippen molar-refractivity contribution in [2.75, 3.05) is 19.5 Å². The van der Waals surface area contributed by atoms with Gasteiger partial charge in [-0.25, -0.2) is 4.98 Å². The van der Waals surface area contributed by atoms with Crippen molar-refractivity contribution in [3.63, 3.8) is 0 Å². The molecule has 1 aromatic heterocycles. The number of aryl methyl sites for hydroxylation is 1. The number of hydrogen-bond donors (Lipinski definition) is 1. The van der Waals surface area contributed by atoms with Gasteiger partial charge in [0, 0.05) is 43.9 Å². The average molecular weight is 324 g/mol. The zero-order chi connectivity index (χ0) is 15.4. The number of imidazole rings is 1. The lowest BCUT2D eigenvalue weighted by atomic mass is 9.88. The van der Waals surface area contributed by atoms with E-state index in [1.54, 1.807) is 0 Å². The molecule has 1 N–H and O–H groups in total. The standard InChI is InChI=1S/C17H29N3OS/c1-20-9-8-18-17(20)16(13-6-10-21-11-7-13)19-14-4-3-5-15(12-14)22-2/h8-9,13-16,19H,3-7,10-12H2,1-2H3. The highest BCUT2D eigenvalue weighted by molar-refractivity contribution is 7.99. The van der Waals surface area contributed by atoms with Gasteiger partial charge in [-0.15, -0.1) is 0 Å². The summed E-state index contributed by atoms with van der Waals surface area (Å²) in [6.07, 6.45) is 13.9. The van der Waals surface area contributed by atoms with E-state index in [0.717, 1.165) is 31.3 Å². The van der Waals surface area contributed by atoms with E-state index < -0.39 is 0 Å². The monoisotopic (exact) mass is 323 g/mol. The van der Waals surface area contributed by atoms with Gasteiger partial charge in [-0.1, -0.05) is 6.42 Å². The molecule has 0 aromatic carbocycles. The Morgan fingerprint density at radius 2 is 2.14 bits per heavy atom. The highest BCUT2D eigenvalue weighted by Crippen LogP contribution is 2.33. The predicted octanol–water partition coefficient (Wildman–Crippen LogP) is 3.15. The van der Waals surface area contributed by atoms with Gasteiger partial charge in [0.2, 0.25) is 0 Å². The summed E-state index contributed by atoms with van der Waals surface area (Å²) in [5.74, 6) is 1.84. The molecule has 5 heteroatoms. The van der Waals surface area contributed by atoms with Gasteiger partial charge in [0.05, 0.1) is 6.04 Å². The van der Waals surface area contributed by atoms with Gasteiger partial charge < -0.3 is 14.6 Å². The minimum absolute atomic E-state index is 0.370. The van der Waals surface area contributed by atoms with E-state index in [0.29, 0.717) is 18.0 Å². The SMILES string of the molecule is CSC1CCCC(NC(c2nccn2C)C2CCOCC2)C1. The average Bonchev–Trinajstić information content (AvgIpc) is 2.99. The van der Waals surface area contributed by atoms with Gasteiger partial charge in [0.15, 0.2) is 0 Å². The maximum Gasteiger partial charge on any atom is 0.125 e. The van der Waals surface area contributed by atoms with Crippen molar-refractivity contribution >= 4 is 11.8 Å². The second-order valence-corrected chi connectivity index (χ2v) is 7.85. The first-order valence-electron chi connectivity index (χ1n) is 8.61. The molecule has 1 saturated heterocycles. The van der Waals surface area contributed by atoms with Gasteiger partial charge in [-0.3, -0.25) is 0 Å². The van der Waals surface area contributed by atoms with E-state index >= 15 is 0 Å². The van der Waals surface area contributed by atoms with Crippen molar-refractivity contribution in [1.82, 2.24) is 14.9 Å². The van der Waals surface area contributed by atoms with Crippen LogP contribution < -0.4 is 5.32 Å². The lowest BCUT2D eigenvalue weighted by Crippen LogP contribution is -2.42. The van der Waals surface area contributed by atoms with Crippen molar-refractivity contribution in [1.29, 1.82) is 0 Å². The van der Waals surface area contributed by atoms with Crippen LogP contribution in [0.1, 0.15) is 50.4 Å². The zero-order valence-electron chi connectivity index (χ0n) is 13.8. The number of thioether (sulfide) groups is 1. The van der Waals surface area contributed by atoms with Gasteiger partial charge in [0.25, 0.3) is 0 Å². The molecule has 3 rings (SSSR count). The molecule has 4 nitrogen and oxygen atoms in total. The van der Waals surface area contributed by atoms with E-state index in [2.05, 4.69) is 34.4 Å². The van der Waals surface area contributed by atoms with Crippen molar-refractivity contribution < 1.29 is 4.74 Å². The van der Waals surface area contributed by atoms with Crippen molar-refractivity contribution in [3.8, 4) is 0 Å². The molecule has 3 unspecified atom stereocenters. The molecule has 0 radical (unpaired) electrons. The molecule has 22 heavy (non-hydrogen) atoms. The number of ether oxygens (including phenoxy) is 1. The fraction of sp³-hybridized carbons (Fsp3) is 0.824. The molecule has 3 atom stereocenters. The highest BCUT2D eigenvalue weighted by atomic mass is 32.2. The lowest BCUT2D eigenvalue weighted by Gasteiger charge is -2.36. The molecule has 0 amide bonds. The van der Waals surface area contributed by atoms with Gasteiger partial charge in [-0.2, -0.15) is 11.8 Å². The number of nitrogens with one attached hydrogen (secondary N) is 1. The molecule has 2 heterocycles. The smallest absolute Gasteiger partial charge is 0.125 e. The summed E-state index contributed by atoms with van der Waals surface area (Å²) in [5.41, 5.74) is 0. The van der Waals surface area contributed by atoms with Crippen LogP contribution in [0.2, 0.25) is 0 Å². The number of nitrogens with zero attached hydrogens (tertiary/aromatic N) is 2. The summed E-state index contributed by atoms with van der Waals surface area (Å²) in [6, 6.07) is 1.00. The second-order valence-electron chi connectivity index (χ2n) is 6.71. The first kappa shape index (κ1) is 16.3. The molecular weight excluding hydrogens is 294 g/mol. The van der Waals surface area contributed by atoms with Crippen LogP contribution in [0.4, 0.5) is 0 Å². The Hall–Kier alpha value is -0.520. The maximum absolute atomic E-state index is 5.56. The first-order chi connectivity index (χ1) is 10.8. The van der Waals surface area contributed by atoms with Crippen LogP contribution in [0.3, 0.4) is 0 Å². The molecule has 124 valence electrons. The third-order valence-electron chi connectivity index (χ3n) is 5.25. The first-order valence-corrected chi connectivity index (χ1v) is 9.90. The Morgan fingerprint density at radius 3 is 2.82 bits per heavy atom. The lowest BCUT2D eigenvalue weighted by molar-refractivity contribution is 0.0493. The summed E-state index contributed by atoms with van der Waals surface area (Å²) in [5, 5.41) is 4.80. The molecule has 1 aliphatic heterocycles. The Kier molecular flexibility index (Phi) is 5.83. The van der Waals surface area contributed by atoms with Gasteiger partial charge in [0.1, 0.15) is 5.82 Å². The molecule has 1 aliphatic carbocycles. The number of aromatic nitrogens is 2. The fourth-order valence-corrected chi connectivity index (χ4v) is 4.74. The molecule has 2 aliphatic rings. The molecule has 2 fully saturated rings. The van der Waals surface area contributed by atoms with Crippen molar-refractivity contribution in [3.05, 3.63) is 18.2 Å². The van der Waals surface area contributed by atoms with Gasteiger partial charge >= 0.3 is 0 Å². The van der Waals surface area contributed by atoms with E-state index in [1.165, 1.54) is 31.5 Å². The third-order valence-corrected chi connectivity index (χ3v) is 6.34. The van der Waals surface area contributed by atoms with E-state index in [4.69, 9.17) is 4.74 Å². The van der Waals surface area contributed by atoms with Crippen LogP contribution in [-0.4, -0.2) is 40.3 Å². The summed E-state index contributed by atoms with van der Waals surface area (Å²) >= 11 is 2.03. The topological polar surface area (TPSA) is 39.1 Å². The molecule has 1 aromatic rings. The van der Waals surface area contributed by atoms with Crippen LogP contribution in [-0.2, 0) is 11.8 Å². The minimum Gasteiger partial charge on any atom is -0.381 e. The van der Waals surface area contributed by atoms with Crippen molar-refractivity contribution in [2.24, 2.45) is 13.0 Å². The normalized spacial score (nSPS) is 28.6. The summed E-state index contributed by atoms with van der Waals surface area (Å²) in [6.45, 7) is 1.79. The molecule has 1 saturated carbocycles. The maximum atomic E-state index is 5.56. The van der Waals surface area contributed by atoms with Crippen LogP contribution in [0, 0.1) is 5.92 Å². The fourth-order valence-electron chi connectivity index (χ4n) is 3.91.